The number of aryl methyl sites for hydroxylation is 1. The van der Waals surface area contributed by atoms with Crippen molar-refractivity contribution in [2.45, 2.75) is 63.7 Å². The van der Waals surface area contributed by atoms with E-state index in [0.717, 1.165) is 12.0 Å². The first-order chi connectivity index (χ1) is 13.8. The number of carbonyl (C=O) groups excluding carboxylic acids is 1. The highest BCUT2D eigenvalue weighted by atomic mass is 16.5. The summed E-state index contributed by atoms with van der Waals surface area (Å²) in [4.78, 5) is 12.0. The SMILES string of the molecule is CC(C)c1ccc2c(c1)C(NC[C@H](O)CCc1ccccc1)CC(C)(C(N)=O)O2. The lowest BCUT2D eigenvalue weighted by molar-refractivity contribution is -0.134. The van der Waals surface area contributed by atoms with Gasteiger partial charge < -0.3 is 20.9 Å². The molecule has 2 aromatic carbocycles. The molecule has 1 aliphatic rings. The summed E-state index contributed by atoms with van der Waals surface area (Å²) in [6.45, 7) is 6.47. The van der Waals surface area contributed by atoms with Crippen LogP contribution in [-0.2, 0) is 11.2 Å². The molecule has 29 heavy (non-hydrogen) atoms. The van der Waals surface area contributed by atoms with Gasteiger partial charge in [0.2, 0.25) is 0 Å². The van der Waals surface area contributed by atoms with Crippen molar-refractivity contribution in [3.05, 3.63) is 65.2 Å². The lowest BCUT2D eigenvalue weighted by atomic mass is 9.86. The number of amides is 1. The lowest BCUT2D eigenvalue weighted by Gasteiger charge is -2.38. The predicted molar refractivity (Wildman–Crippen MR) is 115 cm³/mol. The third kappa shape index (κ3) is 5.17. The summed E-state index contributed by atoms with van der Waals surface area (Å²) in [5.74, 6) is 0.590. The van der Waals surface area contributed by atoms with Gasteiger partial charge in [-0.15, -0.1) is 0 Å². The van der Waals surface area contributed by atoms with Crippen LogP contribution < -0.4 is 15.8 Å². The smallest absolute Gasteiger partial charge is 0.261 e. The van der Waals surface area contributed by atoms with Crippen LogP contribution in [0.5, 0.6) is 5.75 Å². The Morgan fingerprint density at radius 1 is 1.28 bits per heavy atom. The van der Waals surface area contributed by atoms with Crippen LogP contribution in [0.2, 0.25) is 0 Å². The van der Waals surface area contributed by atoms with Crippen LogP contribution in [0.15, 0.2) is 48.5 Å². The lowest BCUT2D eigenvalue weighted by Crippen LogP contribution is -2.51. The molecule has 5 heteroatoms. The maximum Gasteiger partial charge on any atom is 0.261 e. The molecule has 0 radical (unpaired) electrons. The van der Waals surface area contributed by atoms with Gasteiger partial charge in [0.1, 0.15) is 5.75 Å². The van der Waals surface area contributed by atoms with Gasteiger partial charge in [-0.1, -0.05) is 56.3 Å². The second-order valence-electron chi connectivity index (χ2n) is 8.49. The molecule has 5 nitrogen and oxygen atoms in total. The van der Waals surface area contributed by atoms with Gasteiger partial charge in [-0.2, -0.15) is 0 Å². The minimum atomic E-state index is -1.07. The number of primary amides is 1. The molecular formula is C24H32N2O3. The Hall–Kier alpha value is -2.37. The zero-order valence-corrected chi connectivity index (χ0v) is 17.5. The van der Waals surface area contributed by atoms with Crippen LogP contribution in [0.1, 0.15) is 62.3 Å². The molecule has 3 atom stereocenters. The molecule has 0 bridgehead atoms. The van der Waals surface area contributed by atoms with Crippen molar-refractivity contribution < 1.29 is 14.6 Å². The van der Waals surface area contributed by atoms with Gasteiger partial charge >= 0.3 is 0 Å². The number of aliphatic hydroxyl groups excluding tert-OH is 1. The van der Waals surface area contributed by atoms with Crippen molar-refractivity contribution >= 4 is 5.91 Å². The van der Waals surface area contributed by atoms with Gasteiger partial charge in [0.25, 0.3) is 5.91 Å². The number of hydrogen-bond acceptors (Lipinski definition) is 4. The molecule has 0 aliphatic carbocycles. The number of hydrogen-bond donors (Lipinski definition) is 3. The molecular weight excluding hydrogens is 364 g/mol. The van der Waals surface area contributed by atoms with Crippen LogP contribution in [0.3, 0.4) is 0 Å². The number of nitrogens with one attached hydrogen (secondary N) is 1. The van der Waals surface area contributed by atoms with Gasteiger partial charge in [-0.25, -0.2) is 0 Å². The first kappa shape index (κ1) is 21.3. The topological polar surface area (TPSA) is 84.6 Å². The van der Waals surface area contributed by atoms with Crippen LogP contribution in [0.25, 0.3) is 0 Å². The average molecular weight is 397 g/mol. The summed E-state index contributed by atoms with van der Waals surface area (Å²) in [5.41, 5.74) is 8.00. The molecule has 0 saturated heterocycles. The third-order valence-corrected chi connectivity index (χ3v) is 5.73. The quantitative estimate of drug-likeness (QED) is 0.638. The minimum absolute atomic E-state index is 0.110. The Labute approximate surface area is 173 Å². The van der Waals surface area contributed by atoms with Crippen LogP contribution in [0, 0.1) is 0 Å². The highest BCUT2D eigenvalue weighted by molar-refractivity contribution is 5.84. The van der Waals surface area contributed by atoms with Crippen LogP contribution in [0.4, 0.5) is 0 Å². The fourth-order valence-electron chi connectivity index (χ4n) is 3.77. The molecule has 1 amide bonds. The van der Waals surface area contributed by atoms with Gasteiger partial charge in [-0.3, -0.25) is 4.79 Å². The third-order valence-electron chi connectivity index (χ3n) is 5.73. The number of aliphatic hydroxyl groups is 1. The molecule has 2 unspecified atom stereocenters. The molecule has 4 N–H and O–H groups in total. The summed E-state index contributed by atoms with van der Waals surface area (Å²) >= 11 is 0. The highest BCUT2D eigenvalue weighted by Crippen LogP contribution is 2.40. The second-order valence-corrected chi connectivity index (χ2v) is 8.49. The first-order valence-corrected chi connectivity index (χ1v) is 10.4. The average Bonchev–Trinajstić information content (AvgIpc) is 2.70. The fraction of sp³-hybridized carbons (Fsp3) is 0.458. The summed E-state index contributed by atoms with van der Waals surface area (Å²) in [5, 5.41) is 13.9. The van der Waals surface area contributed by atoms with Crippen molar-refractivity contribution in [2.75, 3.05) is 6.54 Å². The number of ether oxygens (including phenoxy) is 1. The number of benzene rings is 2. The Bertz CT molecular complexity index is 837. The van der Waals surface area contributed by atoms with Crippen LogP contribution >= 0.6 is 0 Å². The Morgan fingerprint density at radius 3 is 2.66 bits per heavy atom. The van der Waals surface area contributed by atoms with E-state index in [2.05, 4.69) is 37.4 Å². The van der Waals surface area contributed by atoms with Crippen molar-refractivity contribution in [1.82, 2.24) is 5.32 Å². The molecule has 1 aliphatic heterocycles. The standard InChI is InChI=1S/C24H32N2O3/c1-16(2)18-10-12-22-20(13-18)21(14-24(3,29-22)23(25)28)26-15-19(27)11-9-17-7-5-4-6-8-17/h4-8,10,12-13,16,19,21,26-27H,9,11,14-15H2,1-3H3,(H2,25,28)/t19-,21?,24?/m1/s1. The number of nitrogens with two attached hydrogens (primary N) is 1. The van der Waals surface area contributed by atoms with E-state index in [1.165, 1.54) is 11.1 Å². The highest BCUT2D eigenvalue weighted by Gasteiger charge is 2.42. The number of rotatable bonds is 8. The van der Waals surface area contributed by atoms with Crippen molar-refractivity contribution in [3.8, 4) is 5.75 Å². The molecule has 3 rings (SSSR count). The molecule has 156 valence electrons. The summed E-state index contributed by atoms with van der Waals surface area (Å²) in [6, 6.07) is 16.1. The van der Waals surface area contributed by atoms with E-state index in [0.29, 0.717) is 31.1 Å². The van der Waals surface area contributed by atoms with E-state index < -0.39 is 17.6 Å². The van der Waals surface area contributed by atoms with E-state index in [4.69, 9.17) is 10.5 Å². The van der Waals surface area contributed by atoms with E-state index in [1.807, 2.05) is 30.3 Å². The van der Waals surface area contributed by atoms with E-state index >= 15 is 0 Å². The maximum atomic E-state index is 12.0. The number of carbonyl (C=O) groups is 1. The van der Waals surface area contributed by atoms with E-state index in [-0.39, 0.29) is 6.04 Å². The largest absolute Gasteiger partial charge is 0.477 e. The number of fused-ring (bicyclic) bond motifs is 1. The van der Waals surface area contributed by atoms with E-state index in [1.54, 1.807) is 6.92 Å². The van der Waals surface area contributed by atoms with Gasteiger partial charge in [-0.05, 0) is 42.9 Å². The monoisotopic (exact) mass is 396 g/mol. The molecule has 1 heterocycles. The van der Waals surface area contributed by atoms with Gasteiger partial charge in [0.05, 0.1) is 6.10 Å². The normalized spacial score (nSPS) is 22.0. The fourth-order valence-corrected chi connectivity index (χ4v) is 3.77. The van der Waals surface area contributed by atoms with Gasteiger partial charge in [0.15, 0.2) is 5.60 Å². The second kappa shape index (κ2) is 8.97. The van der Waals surface area contributed by atoms with Gasteiger partial charge in [0, 0.05) is 24.6 Å². The molecule has 0 saturated carbocycles. The zero-order valence-electron chi connectivity index (χ0n) is 17.5. The van der Waals surface area contributed by atoms with Crippen molar-refractivity contribution in [3.63, 3.8) is 0 Å². The minimum Gasteiger partial charge on any atom is -0.477 e. The predicted octanol–water partition coefficient (Wildman–Crippen LogP) is 3.46. The molecule has 0 fully saturated rings. The Balaban J connectivity index is 1.71. The molecule has 2 aromatic rings. The first-order valence-electron chi connectivity index (χ1n) is 10.4. The zero-order chi connectivity index (χ0) is 21.0. The van der Waals surface area contributed by atoms with Crippen molar-refractivity contribution in [1.29, 1.82) is 0 Å². The maximum absolute atomic E-state index is 12.0. The molecule has 0 aromatic heterocycles. The van der Waals surface area contributed by atoms with Crippen molar-refractivity contribution in [2.24, 2.45) is 5.73 Å². The van der Waals surface area contributed by atoms with E-state index in [9.17, 15) is 9.90 Å². The van der Waals surface area contributed by atoms with Crippen LogP contribution in [-0.4, -0.2) is 29.3 Å². The summed E-state index contributed by atoms with van der Waals surface area (Å²) in [6.07, 6.45) is 1.45. The molecule has 0 spiro atoms. The summed E-state index contributed by atoms with van der Waals surface area (Å²) in [7, 11) is 0. The Morgan fingerprint density at radius 2 is 2.00 bits per heavy atom. The summed E-state index contributed by atoms with van der Waals surface area (Å²) < 4.78 is 5.98. The Kier molecular flexibility index (Phi) is 6.60.